The van der Waals surface area contributed by atoms with Crippen LogP contribution in [0.1, 0.15) is 26.3 Å². The van der Waals surface area contributed by atoms with Gasteiger partial charge in [-0.25, -0.2) is 0 Å². The van der Waals surface area contributed by atoms with Crippen molar-refractivity contribution in [1.29, 1.82) is 0 Å². The van der Waals surface area contributed by atoms with E-state index in [-0.39, 0.29) is 18.4 Å². The van der Waals surface area contributed by atoms with E-state index in [9.17, 15) is 14.7 Å². The van der Waals surface area contributed by atoms with Gasteiger partial charge in [0.2, 0.25) is 0 Å². The van der Waals surface area contributed by atoms with E-state index in [4.69, 9.17) is 4.74 Å². The molecule has 1 unspecified atom stereocenters. The van der Waals surface area contributed by atoms with Crippen LogP contribution in [0.3, 0.4) is 0 Å². The number of imide groups is 1. The second kappa shape index (κ2) is 10.2. The molecule has 1 fully saturated rings. The number of amides is 2. The van der Waals surface area contributed by atoms with Crippen LogP contribution in [-0.4, -0.2) is 90.1 Å². The number of benzene rings is 3. The van der Waals surface area contributed by atoms with E-state index >= 15 is 0 Å². The second-order valence-corrected chi connectivity index (χ2v) is 9.39. The molecule has 5 rings (SSSR count). The molecule has 0 bridgehead atoms. The Morgan fingerprint density at radius 1 is 0.857 bits per heavy atom. The summed E-state index contributed by atoms with van der Waals surface area (Å²) >= 11 is 0. The Kier molecular flexibility index (Phi) is 6.81. The van der Waals surface area contributed by atoms with Gasteiger partial charge in [-0.1, -0.05) is 36.4 Å². The van der Waals surface area contributed by atoms with Crippen molar-refractivity contribution >= 4 is 22.6 Å². The molecule has 2 amide bonds. The molecule has 3 aromatic rings. The van der Waals surface area contributed by atoms with E-state index in [0.717, 1.165) is 48.3 Å². The molecule has 0 saturated carbocycles. The minimum Gasteiger partial charge on any atom is -0.491 e. The number of β-amino-alcohol motifs (C(OH)–C–C–N with tert-alkyl or cyclic N) is 1. The Balaban J connectivity index is 1.10. The van der Waals surface area contributed by atoms with E-state index in [1.165, 1.54) is 4.90 Å². The predicted octanol–water partition coefficient (Wildman–Crippen LogP) is 2.80. The molecule has 2 aliphatic rings. The van der Waals surface area contributed by atoms with Gasteiger partial charge in [-0.2, -0.15) is 0 Å². The molecule has 0 spiro atoms. The van der Waals surface area contributed by atoms with Gasteiger partial charge in [-0.05, 0) is 42.1 Å². The Bertz CT molecular complexity index is 1190. The summed E-state index contributed by atoms with van der Waals surface area (Å²) in [6.45, 7) is 7.15. The summed E-state index contributed by atoms with van der Waals surface area (Å²) in [5.41, 5.74) is 2.33. The van der Waals surface area contributed by atoms with Crippen molar-refractivity contribution < 1.29 is 19.4 Å². The topological polar surface area (TPSA) is 73.3 Å². The molecule has 35 heavy (non-hydrogen) atoms. The van der Waals surface area contributed by atoms with Crippen LogP contribution in [0.5, 0.6) is 5.75 Å². The molecule has 2 heterocycles. The summed E-state index contributed by atoms with van der Waals surface area (Å²) in [4.78, 5) is 32.0. The van der Waals surface area contributed by atoms with E-state index in [1.807, 2.05) is 55.5 Å². The van der Waals surface area contributed by atoms with Crippen molar-refractivity contribution in [2.24, 2.45) is 0 Å². The fraction of sp³-hybridized carbons (Fsp3) is 0.357. The average Bonchev–Trinajstić information content (AvgIpc) is 2.87. The molecule has 1 saturated heterocycles. The largest absolute Gasteiger partial charge is 0.491 e. The van der Waals surface area contributed by atoms with Crippen LogP contribution >= 0.6 is 0 Å². The van der Waals surface area contributed by atoms with Crippen molar-refractivity contribution in [3.8, 4) is 5.75 Å². The minimum atomic E-state index is -0.562. The molecule has 0 aromatic heterocycles. The number of nitrogens with zero attached hydrogens (tertiary/aromatic N) is 3. The van der Waals surface area contributed by atoms with Crippen LogP contribution in [0.15, 0.2) is 60.7 Å². The van der Waals surface area contributed by atoms with Gasteiger partial charge in [0.15, 0.2) is 0 Å². The maximum Gasteiger partial charge on any atom is 0.261 e. The highest BCUT2D eigenvalue weighted by Gasteiger charge is 2.33. The maximum atomic E-state index is 13.1. The standard InChI is InChI=1S/C28H31N3O4/c1-20-5-2-8-23(17-20)35-19-22(32)18-30-13-11-29(12-14-30)15-16-31-27(33)24-9-3-6-21-7-4-10-25(26(21)24)28(31)34/h2-10,17,22,32H,11-16,18-19H2,1H3. The van der Waals surface area contributed by atoms with Crippen LogP contribution in [0.25, 0.3) is 10.8 Å². The van der Waals surface area contributed by atoms with Crippen molar-refractivity contribution in [3.05, 3.63) is 77.4 Å². The molecular formula is C28H31N3O4. The minimum absolute atomic E-state index is 0.213. The first-order chi connectivity index (χ1) is 17.0. The van der Waals surface area contributed by atoms with Crippen molar-refractivity contribution in [3.63, 3.8) is 0 Å². The van der Waals surface area contributed by atoms with Gasteiger partial charge in [0.25, 0.3) is 11.8 Å². The van der Waals surface area contributed by atoms with Gasteiger partial charge in [-0.15, -0.1) is 0 Å². The van der Waals surface area contributed by atoms with Crippen molar-refractivity contribution in [1.82, 2.24) is 14.7 Å². The molecule has 1 atom stereocenters. The van der Waals surface area contributed by atoms with Gasteiger partial charge in [0, 0.05) is 62.3 Å². The van der Waals surface area contributed by atoms with Gasteiger partial charge >= 0.3 is 0 Å². The number of piperazine rings is 1. The number of carbonyl (C=O) groups excluding carboxylic acids is 2. The van der Waals surface area contributed by atoms with E-state index in [1.54, 1.807) is 12.1 Å². The Morgan fingerprint density at radius 3 is 2.14 bits per heavy atom. The lowest BCUT2D eigenvalue weighted by atomic mass is 9.94. The second-order valence-electron chi connectivity index (χ2n) is 9.39. The fourth-order valence-electron chi connectivity index (χ4n) is 4.97. The Labute approximate surface area is 205 Å². The lowest BCUT2D eigenvalue weighted by Gasteiger charge is -2.36. The summed E-state index contributed by atoms with van der Waals surface area (Å²) in [5.74, 6) is 0.346. The number of carbonyl (C=O) groups is 2. The highest BCUT2D eigenvalue weighted by Crippen LogP contribution is 2.29. The average molecular weight is 474 g/mol. The lowest BCUT2D eigenvalue weighted by molar-refractivity contribution is 0.0416. The number of rotatable bonds is 8. The quantitative estimate of drug-likeness (QED) is 0.508. The zero-order chi connectivity index (χ0) is 24.4. The van der Waals surface area contributed by atoms with Gasteiger partial charge in [0.05, 0.1) is 0 Å². The van der Waals surface area contributed by atoms with Crippen LogP contribution in [0.2, 0.25) is 0 Å². The molecule has 3 aromatic carbocycles. The van der Waals surface area contributed by atoms with Crippen LogP contribution in [0, 0.1) is 6.92 Å². The SMILES string of the molecule is Cc1cccc(OCC(O)CN2CCN(CCN3C(=O)c4cccc5cccc(c45)C3=O)CC2)c1. The third-order valence-corrected chi connectivity index (χ3v) is 6.86. The number of aliphatic hydroxyl groups is 1. The van der Waals surface area contributed by atoms with Crippen LogP contribution in [-0.2, 0) is 0 Å². The number of hydrogen-bond donors (Lipinski definition) is 1. The fourth-order valence-corrected chi connectivity index (χ4v) is 4.97. The summed E-state index contributed by atoms with van der Waals surface area (Å²) in [6, 6.07) is 19.0. The highest BCUT2D eigenvalue weighted by molar-refractivity contribution is 6.25. The third kappa shape index (κ3) is 5.07. The molecule has 1 N–H and O–H groups in total. The molecule has 2 aliphatic heterocycles. The van der Waals surface area contributed by atoms with E-state index in [2.05, 4.69) is 9.80 Å². The molecule has 7 nitrogen and oxygen atoms in total. The zero-order valence-corrected chi connectivity index (χ0v) is 20.0. The monoisotopic (exact) mass is 473 g/mol. The lowest BCUT2D eigenvalue weighted by Crippen LogP contribution is -2.51. The first-order valence-corrected chi connectivity index (χ1v) is 12.2. The number of aryl methyl sites for hydroxylation is 1. The first kappa shape index (κ1) is 23.5. The summed E-state index contributed by atoms with van der Waals surface area (Å²) in [6.07, 6.45) is -0.562. The zero-order valence-electron chi connectivity index (χ0n) is 20.0. The van der Waals surface area contributed by atoms with E-state index in [0.29, 0.717) is 30.8 Å². The summed E-state index contributed by atoms with van der Waals surface area (Å²) in [5, 5.41) is 12.1. The molecule has 182 valence electrons. The number of aliphatic hydroxyl groups excluding tert-OH is 1. The van der Waals surface area contributed by atoms with Crippen LogP contribution < -0.4 is 4.74 Å². The van der Waals surface area contributed by atoms with Gasteiger partial charge < -0.3 is 9.84 Å². The molecule has 7 heteroatoms. The Morgan fingerprint density at radius 2 is 1.49 bits per heavy atom. The first-order valence-electron chi connectivity index (χ1n) is 12.2. The summed E-state index contributed by atoms with van der Waals surface area (Å²) < 4.78 is 5.73. The summed E-state index contributed by atoms with van der Waals surface area (Å²) in [7, 11) is 0. The van der Waals surface area contributed by atoms with E-state index < -0.39 is 6.10 Å². The normalized spacial score (nSPS) is 17.7. The Hall–Kier alpha value is -3.26. The molecule has 0 radical (unpaired) electrons. The molecular weight excluding hydrogens is 442 g/mol. The third-order valence-electron chi connectivity index (χ3n) is 6.86. The molecule has 0 aliphatic carbocycles. The smallest absolute Gasteiger partial charge is 0.261 e. The maximum absolute atomic E-state index is 13.1. The number of ether oxygens (including phenoxy) is 1. The van der Waals surface area contributed by atoms with Crippen molar-refractivity contribution in [2.45, 2.75) is 13.0 Å². The number of hydrogen-bond acceptors (Lipinski definition) is 6. The van der Waals surface area contributed by atoms with Crippen LogP contribution in [0.4, 0.5) is 0 Å². The predicted molar refractivity (Wildman–Crippen MR) is 135 cm³/mol. The van der Waals surface area contributed by atoms with Gasteiger partial charge in [0.1, 0.15) is 18.5 Å². The highest BCUT2D eigenvalue weighted by atomic mass is 16.5. The van der Waals surface area contributed by atoms with Gasteiger partial charge in [-0.3, -0.25) is 24.3 Å². The van der Waals surface area contributed by atoms with Crippen molar-refractivity contribution in [2.75, 3.05) is 52.4 Å².